The normalized spacial score (nSPS) is 24.8. The molecule has 2 heteroatoms. The predicted molar refractivity (Wildman–Crippen MR) is 67.5 cm³/mol. The fourth-order valence-corrected chi connectivity index (χ4v) is 2.76. The number of methoxy groups -OCH3 is 1. The zero-order chi connectivity index (χ0) is 12.0. The summed E-state index contributed by atoms with van der Waals surface area (Å²) in [6.07, 6.45) is 8.77. The molecule has 1 aliphatic carbocycles. The van der Waals surface area contributed by atoms with Gasteiger partial charge in [-0.2, -0.15) is 0 Å². The van der Waals surface area contributed by atoms with Crippen LogP contribution in [0, 0.1) is 5.92 Å². The van der Waals surface area contributed by atoms with E-state index < -0.39 is 0 Å². The predicted octanol–water partition coefficient (Wildman–Crippen LogP) is 3.52. The van der Waals surface area contributed by atoms with E-state index >= 15 is 0 Å². The smallest absolute Gasteiger partial charge is 0.0936 e. The van der Waals surface area contributed by atoms with Gasteiger partial charge in [0.15, 0.2) is 0 Å². The Balaban J connectivity index is 2.61. The molecule has 0 aliphatic heterocycles. The van der Waals surface area contributed by atoms with E-state index in [4.69, 9.17) is 4.74 Å². The van der Waals surface area contributed by atoms with Crippen LogP contribution in [0.4, 0.5) is 0 Å². The van der Waals surface area contributed by atoms with E-state index in [1.807, 2.05) is 0 Å². The molecule has 0 heterocycles. The average molecular weight is 228 g/mol. The van der Waals surface area contributed by atoms with Gasteiger partial charge < -0.3 is 9.84 Å². The summed E-state index contributed by atoms with van der Waals surface area (Å²) in [6, 6.07) is 0. The third-order valence-electron chi connectivity index (χ3n) is 4.29. The van der Waals surface area contributed by atoms with Gasteiger partial charge in [-0.05, 0) is 25.2 Å². The summed E-state index contributed by atoms with van der Waals surface area (Å²) in [5.74, 6) is 0.588. The van der Waals surface area contributed by atoms with Crippen molar-refractivity contribution in [3.05, 3.63) is 0 Å². The Morgan fingerprint density at radius 1 is 1.19 bits per heavy atom. The highest BCUT2D eigenvalue weighted by atomic mass is 16.5. The van der Waals surface area contributed by atoms with Gasteiger partial charge in [-0.1, -0.05) is 46.0 Å². The molecule has 0 saturated heterocycles. The van der Waals surface area contributed by atoms with Gasteiger partial charge in [0.1, 0.15) is 0 Å². The summed E-state index contributed by atoms with van der Waals surface area (Å²) >= 11 is 0. The minimum Gasteiger partial charge on any atom is -0.390 e. The fraction of sp³-hybridized carbons (Fsp3) is 1.00. The molecule has 16 heavy (non-hydrogen) atoms. The summed E-state index contributed by atoms with van der Waals surface area (Å²) in [4.78, 5) is 0. The molecule has 2 nitrogen and oxygen atoms in total. The van der Waals surface area contributed by atoms with Crippen molar-refractivity contribution < 1.29 is 9.84 Å². The number of aliphatic hydroxyl groups is 1. The molecule has 2 unspecified atom stereocenters. The highest BCUT2D eigenvalue weighted by Crippen LogP contribution is 2.35. The van der Waals surface area contributed by atoms with Crippen molar-refractivity contribution in [3.63, 3.8) is 0 Å². The first kappa shape index (κ1) is 14.0. The Kier molecular flexibility index (Phi) is 5.77. The molecule has 1 fully saturated rings. The second-order valence-corrected chi connectivity index (χ2v) is 5.45. The van der Waals surface area contributed by atoms with Crippen LogP contribution in [-0.2, 0) is 4.74 Å². The first-order valence-electron chi connectivity index (χ1n) is 6.88. The molecular formula is C14H28O2. The first-order chi connectivity index (χ1) is 7.64. The van der Waals surface area contributed by atoms with Crippen molar-refractivity contribution in [2.75, 3.05) is 7.11 Å². The van der Waals surface area contributed by atoms with Gasteiger partial charge in [-0.15, -0.1) is 0 Å². The van der Waals surface area contributed by atoms with E-state index in [1.54, 1.807) is 7.11 Å². The molecule has 1 N–H and O–H groups in total. The van der Waals surface area contributed by atoms with E-state index in [1.165, 1.54) is 25.7 Å². The van der Waals surface area contributed by atoms with Crippen molar-refractivity contribution in [2.45, 2.75) is 76.9 Å². The van der Waals surface area contributed by atoms with Gasteiger partial charge in [0, 0.05) is 7.11 Å². The quantitative estimate of drug-likeness (QED) is 0.729. The second kappa shape index (κ2) is 6.61. The number of hydrogen-bond acceptors (Lipinski definition) is 2. The molecule has 1 rings (SSSR count). The lowest BCUT2D eigenvalue weighted by Crippen LogP contribution is -2.44. The highest BCUT2D eigenvalue weighted by molar-refractivity contribution is 4.90. The molecular weight excluding hydrogens is 200 g/mol. The first-order valence-corrected chi connectivity index (χ1v) is 6.88. The zero-order valence-electron chi connectivity index (χ0n) is 11.2. The maximum absolute atomic E-state index is 10.4. The van der Waals surface area contributed by atoms with Gasteiger partial charge in [0.05, 0.1) is 11.7 Å². The minimum absolute atomic E-state index is 0.250. The van der Waals surface area contributed by atoms with Gasteiger partial charge in [-0.3, -0.25) is 0 Å². The molecule has 0 aromatic rings. The lowest BCUT2D eigenvalue weighted by Gasteiger charge is -2.37. The van der Waals surface area contributed by atoms with Crippen LogP contribution in [0.15, 0.2) is 0 Å². The Bertz CT molecular complexity index is 183. The summed E-state index contributed by atoms with van der Waals surface area (Å²) in [7, 11) is 1.77. The van der Waals surface area contributed by atoms with Crippen LogP contribution in [0.25, 0.3) is 0 Å². The molecule has 1 aliphatic rings. The third-order valence-corrected chi connectivity index (χ3v) is 4.29. The number of aliphatic hydroxyl groups excluding tert-OH is 1. The monoisotopic (exact) mass is 228 g/mol. The fourth-order valence-electron chi connectivity index (χ4n) is 2.76. The second-order valence-electron chi connectivity index (χ2n) is 5.45. The summed E-state index contributed by atoms with van der Waals surface area (Å²) in [5.41, 5.74) is -0.250. The molecule has 0 spiro atoms. The lowest BCUT2D eigenvalue weighted by atomic mass is 9.83. The summed E-state index contributed by atoms with van der Waals surface area (Å²) in [6.45, 7) is 4.40. The lowest BCUT2D eigenvalue weighted by molar-refractivity contribution is -0.118. The maximum atomic E-state index is 10.4. The minimum atomic E-state index is -0.287. The molecule has 0 radical (unpaired) electrons. The Hall–Kier alpha value is -0.0800. The molecule has 0 bridgehead atoms. The topological polar surface area (TPSA) is 29.5 Å². The van der Waals surface area contributed by atoms with Crippen molar-refractivity contribution in [3.8, 4) is 0 Å². The standard InChI is InChI=1S/C14H28O2/c1-4-12(2)11-13(15)14(16-3)9-7-5-6-8-10-14/h12-13,15H,4-11H2,1-3H3. The van der Waals surface area contributed by atoms with Gasteiger partial charge in [-0.25, -0.2) is 0 Å². The highest BCUT2D eigenvalue weighted by Gasteiger charge is 2.38. The van der Waals surface area contributed by atoms with Crippen LogP contribution < -0.4 is 0 Å². The van der Waals surface area contributed by atoms with Gasteiger partial charge >= 0.3 is 0 Å². The molecule has 2 atom stereocenters. The van der Waals surface area contributed by atoms with E-state index in [0.717, 1.165) is 25.7 Å². The molecule has 0 amide bonds. The SMILES string of the molecule is CCC(C)CC(O)C1(OC)CCCCCC1. The van der Waals surface area contributed by atoms with Crippen LogP contribution in [-0.4, -0.2) is 23.9 Å². The summed E-state index contributed by atoms with van der Waals surface area (Å²) in [5, 5.41) is 10.4. The van der Waals surface area contributed by atoms with Crippen molar-refractivity contribution >= 4 is 0 Å². The van der Waals surface area contributed by atoms with Crippen LogP contribution in [0.1, 0.15) is 65.2 Å². The largest absolute Gasteiger partial charge is 0.390 e. The molecule has 1 saturated carbocycles. The van der Waals surface area contributed by atoms with E-state index in [9.17, 15) is 5.11 Å². The average Bonchev–Trinajstić information content (AvgIpc) is 2.54. The van der Waals surface area contributed by atoms with Gasteiger partial charge in [0.25, 0.3) is 0 Å². The summed E-state index contributed by atoms with van der Waals surface area (Å²) < 4.78 is 5.72. The molecule has 0 aromatic heterocycles. The van der Waals surface area contributed by atoms with Crippen LogP contribution >= 0.6 is 0 Å². The number of rotatable bonds is 5. The Morgan fingerprint density at radius 3 is 2.19 bits per heavy atom. The van der Waals surface area contributed by atoms with Crippen molar-refractivity contribution in [1.29, 1.82) is 0 Å². The van der Waals surface area contributed by atoms with Crippen LogP contribution in [0.5, 0.6) is 0 Å². The van der Waals surface area contributed by atoms with E-state index in [0.29, 0.717) is 5.92 Å². The number of ether oxygens (including phenoxy) is 1. The molecule has 0 aromatic carbocycles. The van der Waals surface area contributed by atoms with Crippen LogP contribution in [0.3, 0.4) is 0 Å². The van der Waals surface area contributed by atoms with E-state index in [2.05, 4.69) is 13.8 Å². The van der Waals surface area contributed by atoms with Crippen molar-refractivity contribution in [2.24, 2.45) is 5.92 Å². The Labute approximate surface area is 100 Å². The van der Waals surface area contributed by atoms with E-state index in [-0.39, 0.29) is 11.7 Å². The maximum Gasteiger partial charge on any atom is 0.0936 e. The molecule has 96 valence electrons. The van der Waals surface area contributed by atoms with Crippen LogP contribution in [0.2, 0.25) is 0 Å². The zero-order valence-corrected chi connectivity index (χ0v) is 11.2. The number of hydrogen-bond donors (Lipinski definition) is 1. The van der Waals surface area contributed by atoms with Crippen molar-refractivity contribution in [1.82, 2.24) is 0 Å². The Morgan fingerprint density at radius 2 is 1.75 bits per heavy atom. The third kappa shape index (κ3) is 3.46. The van der Waals surface area contributed by atoms with Gasteiger partial charge in [0.2, 0.25) is 0 Å².